The standard InChI is InChI=1S/C26H18Cl2N4O4S/c27-17-10-7-15(11-18(17)28)30-22(34)13-36-26(35)14-5-8-16(9-6-14)32-12-20(33)23(24(32)29)25-31-19-3-1-2-4-21(19)37-25/h1-11,29,33H,12-13H2,(H,30,34). The number of rotatable bonds is 6. The minimum absolute atomic E-state index is 0.0560. The lowest BCUT2D eigenvalue weighted by molar-refractivity contribution is -0.119. The minimum Gasteiger partial charge on any atom is -0.510 e. The normalized spacial score (nSPS) is 13.4. The van der Waals surface area contributed by atoms with Crippen LogP contribution in [0, 0.1) is 5.41 Å². The molecule has 4 aromatic rings. The van der Waals surface area contributed by atoms with Gasteiger partial charge in [0.15, 0.2) is 6.61 Å². The topological polar surface area (TPSA) is 116 Å². The molecule has 186 valence electrons. The first-order valence-corrected chi connectivity index (χ1v) is 12.5. The van der Waals surface area contributed by atoms with Crippen LogP contribution < -0.4 is 10.2 Å². The van der Waals surface area contributed by atoms with Gasteiger partial charge in [-0.15, -0.1) is 11.3 Å². The average molecular weight is 553 g/mol. The Bertz CT molecular complexity index is 1550. The van der Waals surface area contributed by atoms with Gasteiger partial charge < -0.3 is 20.1 Å². The summed E-state index contributed by atoms with van der Waals surface area (Å²) in [6.07, 6.45) is 0. The number of aliphatic hydroxyl groups excluding tert-OH is 1. The molecule has 1 amide bonds. The molecule has 1 aromatic heterocycles. The van der Waals surface area contributed by atoms with Crippen molar-refractivity contribution in [1.82, 2.24) is 4.98 Å². The zero-order valence-corrected chi connectivity index (χ0v) is 21.3. The number of amidine groups is 1. The van der Waals surface area contributed by atoms with Crippen molar-refractivity contribution in [2.24, 2.45) is 0 Å². The van der Waals surface area contributed by atoms with E-state index < -0.39 is 18.5 Å². The van der Waals surface area contributed by atoms with Crippen molar-refractivity contribution < 1.29 is 19.4 Å². The van der Waals surface area contributed by atoms with Gasteiger partial charge in [0.1, 0.15) is 16.6 Å². The third-order valence-corrected chi connectivity index (χ3v) is 7.36. The Kier molecular flexibility index (Phi) is 6.84. The van der Waals surface area contributed by atoms with E-state index in [4.69, 9.17) is 33.3 Å². The molecular formula is C26H18Cl2N4O4S. The van der Waals surface area contributed by atoms with Gasteiger partial charge in [0.2, 0.25) is 0 Å². The van der Waals surface area contributed by atoms with E-state index in [9.17, 15) is 14.7 Å². The molecule has 37 heavy (non-hydrogen) atoms. The van der Waals surface area contributed by atoms with E-state index in [1.807, 2.05) is 24.3 Å². The van der Waals surface area contributed by atoms with Crippen LogP contribution >= 0.6 is 34.5 Å². The van der Waals surface area contributed by atoms with Gasteiger partial charge >= 0.3 is 5.97 Å². The lowest BCUT2D eigenvalue weighted by Crippen LogP contribution is -2.26. The highest BCUT2D eigenvalue weighted by atomic mass is 35.5. The molecule has 11 heteroatoms. The van der Waals surface area contributed by atoms with E-state index in [1.54, 1.807) is 29.2 Å². The van der Waals surface area contributed by atoms with Crippen LogP contribution in [-0.4, -0.2) is 41.0 Å². The van der Waals surface area contributed by atoms with Crippen molar-refractivity contribution in [3.63, 3.8) is 0 Å². The maximum Gasteiger partial charge on any atom is 0.338 e. The summed E-state index contributed by atoms with van der Waals surface area (Å²) in [6.45, 7) is -0.371. The van der Waals surface area contributed by atoms with Gasteiger partial charge in [-0.2, -0.15) is 0 Å². The predicted octanol–water partition coefficient (Wildman–Crippen LogP) is 6.17. The Morgan fingerprint density at radius 3 is 2.57 bits per heavy atom. The molecule has 3 N–H and O–H groups in total. The highest BCUT2D eigenvalue weighted by Crippen LogP contribution is 2.35. The first kappa shape index (κ1) is 24.8. The van der Waals surface area contributed by atoms with E-state index in [1.165, 1.54) is 29.5 Å². The molecule has 5 rings (SSSR count). The Morgan fingerprint density at radius 1 is 1.08 bits per heavy atom. The monoisotopic (exact) mass is 552 g/mol. The number of halogens is 2. The quantitative estimate of drug-likeness (QED) is 0.246. The number of nitrogens with zero attached hydrogens (tertiary/aromatic N) is 2. The summed E-state index contributed by atoms with van der Waals surface area (Å²) in [4.78, 5) is 30.7. The van der Waals surface area contributed by atoms with Crippen LogP contribution in [0.15, 0.2) is 72.5 Å². The van der Waals surface area contributed by atoms with Gasteiger partial charge in [-0.25, -0.2) is 9.78 Å². The number of nitrogens with one attached hydrogen (secondary N) is 2. The van der Waals surface area contributed by atoms with Crippen molar-refractivity contribution in [1.29, 1.82) is 5.41 Å². The van der Waals surface area contributed by atoms with Crippen molar-refractivity contribution in [3.8, 4) is 0 Å². The number of benzene rings is 3. The highest BCUT2D eigenvalue weighted by molar-refractivity contribution is 7.19. The lowest BCUT2D eigenvalue weighted by atomic mass is 10.2. The van der Waals surface area contributed by atoms with Crippen LogP contribution in [-0.2, 0) is 9.53 Å². The van der Waals surface area contributed by atoms with Crippen molar-refractivity contribution in [2.45, 2.75) is 0 Å². The van der Waals surface area contributed by atoms with Gasteiger partial charge in [-0.05, 0) is 54.6 Å². The molecule has 3 aromatic carbocycles. The van der Waals surface area contributed by atoms with Crippen molar-refractivity contribution in [3.05, 3.63) is 93.1 Å². The Hall–Kier alpha value is -3.92. The molecule has 1 aliphatic heterocycles. The number of para-hydroxylation sites is 1. The Morgan fingerprint density at radius 2 is 1.84 bits per heavy atom. The molecule has 0 bridgehead atoms. The van der Waals surface area contributed by atoms with Gasteiger partial charge in [0.25, 0.3) is 5.91 Å². The number of amides is 1. The fourth-order valence-electron chi connectivity index (χ4n) is 3.77. The molecule has 0 saturated carbocycles. The predicted molar refractivity (Wildman–Crippen MR) is 146 cm³/mol. The van der Waals surface area contributed by atoms with Gasteiger partial charge in [-0.1, -0.05) is 35.3 Å². The number of hydrogen-bond acceptors (Lipinski definition) is 7. The maximum atomic E-state index is 12.4. The molecule has 0 atom stereocenters. The first-order valence-electron chi connectivity index (χ1n) is 11.0. The second-order valence-corrected chi connectivity index (χ2v) is 9.89. The van der Waals surface area contributed by atoms with Gasteiger partial charge in [-0.3, -0.25) is 10.2 Å². The van der Waals surface area contributed by atoms with E-state index in [0.717, 1.165) is 10.2 Å². The lowest BCUT2D eigenvalue weighted by Gasteiger charge is -2.18. The number of ether oxygens (including phenoxy) is 1. The van der Waals surface area contributed by atoms with Crippen molar-refractivity contribution in [2.75, 3.05) is 23.4 Å². The zero-order valence-electron chi connectivity index (χ0n) is 19.0. The molecular weight excluding hydrogens is 535 g/mol. The summed E-state index contributed by atoms with van der Waals surface area (Å²) in [7, 11) is 0. The molecule has 0 spiro atoms. The maximum absolute atomic E-state index is 12.4. The summed E-state index contributed by atoms with van der Waals surface area (Å²) in [5.41, 5.74) is 2.47. The number of thiazole rings is 1. The minimum atomic E-state index is -0.677. The van der Waals surface area contributed by atoms with E-state index in [2.05, 4.69) is 10.3 Å². The molecule has 0 fully saturated rings. The van der Waals surface area contributed by atoms with Crippen LogP contribution in [0.2, 0.25) is 10.0 Å². The summed E-state index contributed by atoms with van der Waals surface area (Å²) in [5.74, 6) is -1.03. The number of aliphatic hydroxyl groups is 1. The number of carbonyl (C=O) groups is 2. The smallest absolute Gasteiger partial charge is 0.338 e. The molecule has 2 heterocycles. The Labute approximate surface area is 225 Å². The average Bonchev–Trinajstić information content (AvgIpc) is 3.44. The fourth-order valence-corrected chi connectivity index (χ4v) is 5.10. The number of anilines is 2. The molecule has 0 radical (unpaired) electrons. The second kappa shape index (κ2) is 10.2. The van der Waals surface area contributed by atoms with E-state index >= 15 is 0 Å². The largest absolute Gasteiger partial charge is 0.510 e. The van der Waals surface area contributed by atoms with Crippen molar-refractivity contribution >= 4 is 79.4 Å². The number of esters is 1. The summed E-state index contributed by atoms with van der Waals surface area (Å²) in [6, 6.07) is 18.6. The fraction of sp³-hybridized carbons (Fsp3) is 0.0769. The second-order valence-electron chi connectivity index (χ2n) is 8.04. The third kappa shape index (κ3) is 5.15. The summed E-state index contributed by atoms with van der Waals surface area (Å²) >= 11 is 13.2. The number of hydrogen-bond donors (Lipinski definition) is 3. The first-order chi connectivity index (χ1) is 17.8. The molecule has 0 saturated heterocycles. The SMILES string of the molecule is N=C1C(c2nc3ccccc3s2)=C(O)CN1c1ccc(C(=O)OCC(=O)Nc2ccc(Cl)c(Cl)c2)cc1. The molecule has 0 unspecified atom stereocenters. The molecule has 1 aliphatic rings. The highest BCUT2D eigenvalue weighted by Gasteiger charge is 2.31. The third-order valence-electron chi connectivity index (χ3n) is 5.56. The van der Waals surface area contributed by atoms with Crippen LogP contribution in [0.1, 0.15) is 15.4 Å². The van der Waals surface area contributed by atoms with Gasteiger partial charge in [0, 0.05) is 11.4 Å². The van der Waals surface area contributed by atoms with Crippen LogP contribution in [0.3, 0.4) is 0 Å². The summed E-state index contributed by atoms with van der Waals surface area (Å²) in [5, 5.41) is 23.0. The summed E-state index contributed by atoms with van der Waals surface area (Å²) < 4.78 is 6.07. The van der Waals surface area contributed by atoms with E-state index in [0.29, 0.717) is 32.0 Å². The number of aromatic nitrogens is 1. The number of fused-ring (bicyclic) bond motifs is 1. The Balaban J connectivity index is 1.21. The molecule has 8 nitrogen and oxygen atoms in total. The number of carbonyl (C=O) groups excluding carboxylic acids is 2. The van der Waals surface area contributed by atoms with Crippen LogP contribution in [0.5, 0.6) is 0 Å². The molecule has 0 aliphatic carbocycles. The van der Waals surface area contributed by atoms with Gasteiger partial charge in [0.05, 0.1) is 37.9 Å². The van der Waals surface area contributed by atoms with E-state index in [-0.39, 0.29) is 23.7 Å². The zero-order chi connectivity index (χ0) is 26.1. The van der Waals surface area contributed by atoms with Crippen LogP contribution in [0.4, 0.5) is 11.4 Å². The van der Waals surface area contributed by atoms with Crippen LogP contribution in [0.25, 0.3) is 15.8 Å².